The van der Waals surface area contributed by atoms with Crippen molar-refractivity contribution in [2.45, 2.75) is 398 Å². The van der Waals surface area contributed by atoms with E-state index in [9.17, 15) is 49.8 Å². The molecule has 0 aromatic rings. The van der Waals surface area contributed by atoms with Gasteiger partial charge in [-0.3, -0.25) is 28.9 Å². The maximum absolute atomic E-state index is 14.5. The van der Waals surface area contributed by atoms with Crippen LogP contribution < -0.4 is 11.0 Å². The summed E-state index contributed by atoms with van der Waals surface area (Å²) in [6.45, 7) is 39.7. The van der Waals surface area contributed by atoms with Gasteiger partial charge in [-0.1, -0.05) is 111 Å². The van der Waals surface area contributed by atoms with E-state index in [1.54, 1.807) is 38.2 Å². The lowest BCUT2D eigenvalue weighted by Crippen LogP contribution is -2.63. The topological polar surface area (TPSA) is 324 Å². The lowest BCUT2D eigenvalue weighted by molar-refractivity contribution is -0.409. The van der Waals surface area contributed by atoms with Crippen molar-refractivity contribution in [3.8, 4) is 0 Å². The summed E-state index contributed by atoms with van der Waals surface area (Å²) in [7, 11) is 2.83. The number of Topliss-reactive ketones (excluding diaryl/α,β-unsaturated/α-hetero) is 2. The van der Waals surface area contributed by atoms with Crippen LogP contribution in [0.1, 0.15) is 267 Å². The Morgan fingerprint density at radius 1 is 0.464 bits per heavy atom. The molecule has 10 aliphatic rings. The zero-order valence-corrected chi connectivity index (χ0v) is 70.8. The zero-order chi connectivity index (χ0) is 81.3. The van der Waals surface area contributed by atoms with Crippen LogP contribution in [0.5, 0.6) is 0 Å². The molecule has 0 saturated carbocycles. The number of amides is 2. The van der Waals surface area contributed by atoms with E-state index in [1.807, 2.05) is 83.1 Å². The van der Waals surface area contributed by atoms with Gasteiger partial charge in [0.05, 0.1) is 122 Å². The first-order chi connectivity index (χ1) is 51.7. The Labute approximate surface area is 657 Å². The number of nitrogens with one attached hydrogen (secondary N) is 2. The van der Waals surface area contributed by atoms with E-state index in [0.29, 0.717) is 89.9 Å². The Morgan fingerprint density at radius 3 is 1.12 bits per heavy atom. The Kier molecular flexibility index (Phi) is 30.2. The van der Waals surface area contributed by atoms with Crippen LogP contribution in [-0.2, 0) is 76.2 Å². The molecule has 0 bridgehead atoms. The molecule has 36 atom stereocenters. The number of carbonyl (C=O) groups is 4. The minimum atomic E-state index is -1.37. The van der Waals surface area contributed by atoms with Crippen molar-refractivity contribution in [1.29, 1.82) is 0 Å². The first-order valence-corrected chi connectivity index (χ1v) is 42.8. The van der Waals surface area contributed by atoms with Crippen molar-refractivity contribution in [1.82, 2.24) is 11.0 Å². The van der Waals surface area contributed by atoms with Gasteiger partial charge in [0.15, 0.2) is 11.6 Å². The second-order valence-corrected chi connectivity index (χ2v) is 36.5. The second-order valence-electron chi connectivity index (χ2n) is 36.5. The molecule has 0 aromatic carbocycles. The lowest BCUT2D eigenvalue weighted by atomic mass is 9.72. The molecular weight excluding hydrogens is 1410 g/mol. The minimum Gasteiger partial charge on any atom is -0.392 e. The van der Waals surface area contributed by atoms with Crippen LogP contribution >= 0.6 is 0 Å². The van der Waals surface area contributed by atoms with E-state index in [-0.39, 0.29) is 131 Å². The molecule has 0 unspecified atom stereocenters. The Hall–Kier alpha value is -2.96. The van der Waals surface area contributed by atoms with Gasteiger partial charge < -0.3 is 78.0 Å². The van der Waals surface area contributed by atoms with Crippen molar-refractivity contribution in [2.75, 3.05) is 14.2 Å². The van der Waals surface area contributed by atoms with Gasteiger partial charge in [-0.2, -0.15) is 0 Å². The van der Waals surface area contributed by atoms with Gasteiger partial charge in [0, 0.05) is 60.2 Å². The summed E-state index contributed by atoms with van der Waals surface area (Å²) in [6, 6.07) is 0. The number of hydrogen-bond donors (Lipinski definition) is 8. The molecule has 24 heteroatoms. The predicted molar refractivity (Wildman–Crippen MR) is 412 cm³/mol. The molecular formula is C86H146N2O22. The molecule has 632 valence electrons. The molecule has 8 fully saturated rings. The summed E-state index contributed by atoms with van der Waals surface area (Å²) in [6.07, 6.45) is 12.0. The third-order valence-electron chi connectivity index (χ3n) is 29.3. The highest BCUT2D eigenvalue weighted by Gasteiger charge is 2.66. The van der Waals surface area contributed by atoms with Crippen LogP contribution in [0.2, 0.25) is 0 Å². The van der Waals surface area contributed by atoms with Crippen LogP contribution in [0.4, 0.5) is 0 Å². The molecule has 10 aliphatic heterocycles. The molecule has 2 amide bonds. The Balaban J connectivity index is 0.000000253. The van der Waals surface area contributed by atoms with E-state index in [4.69, 9.17) is 57.0 Å². The first-order valence-electron chi connectivity index (χ1n) is 42.8. The van der Waals surface area contributed by atoms with Gasteiger partial charge in [-0.15, -0.1) is 0 Å². The SMILES string of the molecule is CC[C@@H](C(=O)[C@@H](C)[C@@H](O)[C@H](C)[C@@H]1O[C@@H]([C@@H](CC)C(=O)NOC)CC[C@@H]1C)[C@H]1O[C@]2(C=C[C@@H](O)[C@]3(CC[C@@](C)([C@H]4CC[C@](O)(CC)[C@H](C)O4)O3)O2)[C@H](C)C[C@@H]1C.CC[C@@H](C(=O)[C@@H](C)[C@@H](O)[C@H](C)[C@@H]1O[C@@H]([C@@H](CC)C(=O)NOC)CC[C@@H]1C)[C@H]1O[C@]2(C=C[C@@H](O)[C@]3(CC[C@@](C)([C@H]4CC[C@](O)(CC)[C@H](C)O4)O3)O2)[C@H](C)C[C@@H]1C. The van der Waals surface area contributed by atoms with Crippen LogP contribution in [0.15, 0.2) is 24.3 Å². The van der Waals surface area contributed by atoms with E-state index in [1.165, 1.54) is 14.2 Å². The van der Waals surface area contributed by atoms with Gasteiger partial charge in [-0.05, 0) is 191 Å². The van der Waals surface area contributed by atoms with Gasteiger partial charge in [0.1, 0.15) is 23.8 Å². The third kappa shape index (κ3) is 18.0. The molecule has 8 N–H and O–H groups in total. The van der Waals surface area contributed by atoms with Gasteiger partial charge >= 0.3 is 0 Å². The van der Waals surface area contributed by atoms with Crippen LogP contribution in [0, 0.1) is 82.9 Å². The number of carbonyl (C=O) groups excluding carboxylic acids is 4. The van der Waals surface area contributed by atoms with Crippen molar-refractivity contribution in [3.05, 3.63) is 24.3 Å². The van der Waals surface area contributed by atoms with Crippen molar-refractivity contribution >= 4 is 23.4 Å². The molecule has 10 heterocycles. The summed E-state index contributed by atoms with van der Waals surface area (Å²) in [5, 5.41) is 68.7. The summed E-state index contributed by atoms with van der Waals surface area (Å²) in [5.74, 6) is -9.57. The number of hydrogen-bond acceptors (Lipinski definition) is 22. The molecule has 8 saturated heterocycles. The van der Waals surface area contributed by atoms with E-state index < -0.39 is 106 Å². The normalized spacial score (nSPS) is 44.9. The highest BCUT2D eigenvalue weighted by Crippen LogP contribution is 2.57. The zero-order valence-electron chi connectivity index (χ0n) is 70.8. The summed E-state index contributed by atoms with van der Waals surface area (Å²) < 4.78 is 67.5. The van der Waals surface area contributed by atoms with Crippen molar-refractivity contribution in [2.24, 2.45) is 82.9 Å². The number of aliphatic hydroxyl groups is 6. The summed E-state index contributed by atoms with van der Waals surface area (Å²) in [5.41, 5.74) is 1.65. The van der Waals surface area contributed by atoms with Crippen LogP contribution in [-0.4, -0.2) is 199 Å². The number of rotatable bonds is 26. The molecule has 0 aliphatic carbocycles. The van der Waals surface area contributed by atoms with Crippen LogP contribution in [0.3, 0.4) is 0 Å². The van der Waals surface area contributed by atoms with E-state index in [0.717, 1.165) is 38.5 Å². The number of ether oxygens (including phenoxy) is 10. The molecule has 0 radical (unpaired) electrons. The van der Waals surface area contributed by atoms with Gasteiger partial charge in [0.2, 0.25) is 23.4 Å². The summed E-state index contributed by atoms with van der Waals surface area (Å²) >= 11 is 0. The number of ketones is 2. The fraction of sp³-hybridized carbons (Fsp3) is 0.907. The Morgan fingerprint density at radius 2 is 0.809 bits per heavy atom. The number of aliphatic hydroxyl groups excluding tert-OH is 4. The highest BCUT2D eigenvalue weighted by molar-refractivity contribution is 5.85. The molecule has 0 aromatic heterocycles. The second kappa shape index (κ2) is 36.5. The maximum atomic E-state index is 14.5. The quantitative estimate of drug-likeness (QED) is 0.0295. The lowest BCUT2D eigenvalue weighted by Gasteiger charge is -2.54. The fourth-order valence-corrected chi connectivity index (χ4v) is 21.4. The standard InChI is InChI=1S/2C43H73NO11/c2*1-12-30(39(48)44-50-11)32-16-15-24(4)37(52-32)28(8)35(46)27(7)36(47)31(13-2)38-25(5)23-26(6)42(53-38)20-17-33(45)43(55-42)22-21-40(10,54-43)34-18-19-41(49,14-3)29(9)51-34/h2*17,20,24-35,37-38,45-46,49H,12-16,18-19,21-23H2,1-11H3,(H,44,48)/t2*24-,25-,26+,27-,28-,29-,30+,31-,32+,33+,34+,35+,37+,38-,40-,41+,42-,43-/m00/s1. The Bertz CT molecular complexity index is 2930. The van der Waals surface area contributed by atoms with Gasteiger partial charge in [0.25, 0.3) is 0 Å². The predicted octanol–water partition coefficient (Wildman–Crippen LogP) is 11.6. The molecule has 24 nitrogen and oxygen atoms in total. The molecule has 110 heavy (non-hydrogen) atoms. The maximum Gasteiger partial charge on any atom is 0.249 e. The van der Waals surface area contributed by atoms with Crippen molar-refractivity contribution in [3.63, 3.8) is 0 Å². The van der Waals surface area contributed by atoms with Gasteiger partial charge in [-0.25, -0.2) is 11.0 Å². The fourth-order valence-electron chi connectivity index (χ4n) is 21.4. The van der Waals surface area contributed by atoms with Crippen molar-refractivity contribution < 1.29 is 107 Å². The van der Waals surface area contributed by atoms with E-state index >= 15 is 0 Å². The molecule has 4 spiro atoms. The van der Waals surface area contributed by atoms with E-state index in [2.05, 4.69) is 52.5 Å². The molecule has 10 rings (SSSR count). The summed E-state index contributed by atoms with van der Waals surface area (Å²) in [4.78, 5) is 64.3. The average Bonchev–Trinajstić information content (AvgIpc) is 1.52. The third-order valence-corrected chi connectivity index (χ3v) is 29.3. The highest BCUT2D eigenvalue weighted by atomic mass is 16.8. The first kappa shape index (κ1) is 90.9. The minimum absolute atomic E-state index is 0.0203. The largest absolute Gasteiger partial charge is 0.392 e. The average molecular weight is 1560 g/mol. The van der Waals surface area contributed by atoms with Crippen LogP contribution in [0.25, 0.3) is 0 Å². The monoisotopic (exact) mass is 1560 g/mol. The smallest absolute Gasteiger partial charge is 0.249 e. The number of hydroxylamine groups is 2.